The molecule has 0 aliphatic rings. The van der Waals surface area contributed by atoms with Gasteiger partial charge >= 0.3 is 6.09 Å². The molecule has 3 aromatic carbocycles. The van der Waals surface area contributed by atoms with Gasteiger partial charge in [-0.05, 0) is 30.7 Å². The first-order valence-corrected chi connectivity index (χ1v) is 8.58. The Balaban J connectivity index is 2.18. The van der Waals surface area contributed by atoms with Crippen molar-refractivity contribution in [3.63, 3.8) is 0 Å². The Morgan fingerprint density at radius 1 is 0.962 bits per heavy atom. The summed E-state index contributed by atoms with van der Waals surface area (Å²) in [7, 11) is 1.65. The van der Waals surface area contributed by atoms with Gasteiger partial charge < -0.3 is 9.47 Å². The maximum Gasteiger partial charge on any atom is 0.418 e. The minimum atomic E-state index is -0.374. The van der Waals surface area contributed by atoms with Gasteiger partial charge in [-0.25, -0.2) is 9.36 Å². The van der Waals surface area contributed by atoms with E-state index in [1.54, 1.807) is 11.7 Å². The molecular weight excluding hydrogens is 326 g/mol. The average Bonchev–Trinajstić information content (AvgIpc) is 3.02. The summed E-state index contributed by atoms with van der Waals surface area (Å²) in [5.74, 6) is 0.753. The zero-order chi connectivity index (χ0) is 18.1. The molecule has 4 rings (SSSR count). The molecule has 0 saturated carbocycles. The second kappa shape index (κ2) is 6.56. The third kappa shape index (κ3) is 2.51. The number of nitrogens with zero attached hydrogens (tertiary/aromatic N) is 1. The lowest BCUT2D eigenvalue weighted by molar-refractivity contribution is 0.156. The van der Waals surface area contributed by atoms with Crippen LogP contribution >= 0.6 is 0 Å². The fourth-order valence-electron chi connectivity index (χ4n) is 3.40. The molecule has 0 aliphatic heterocycles. The molecule has 0 N–H and O–H groups in total. The van der Waals surface area contributed by atoms with Crippen molar-refractivity contribution in [2.24, 2.45) is 0 Å². The third-order valence-corrected chi connectivity index (χ3v) is 4.51. The van der Waals surface area contributed by atoms with E-state index in [4.69, 9.17) is 9.47 Å². The smallest absolute Gasteiger partial charge is 0.418 e. The maximum atomic E-state index is 12.8. The summed E-state index contributed by atoms with van der Waals surface area (Å²) >= 11 is 0. The van der Waals surface area contributed by atoms with Crippen molar-refractivity contribution in [3.05, 3.63) is 66.7 Å². The third-order valence-electron chi connectivity index (χ3n) is 4.51. The summed E-state index contributed by atoms with van der Waals surface area (Å²) in [6.07, 6.45) is -0.374. The molecule has 0 radical (unpaired) electrons. The quantitative estimate of drug-likeness (QED) is 0.494. The summed E-state index contributed by atoms with van der Waals surface area (Å²) in [4.78, 5) is 12.8. The summed E-state index contributed by atoms with van der Waals surface area (Å²) in [5, 5.41) is 1.96. The normalized spacial score (nSPS) is 11.0. The van der Waals surface area contributed by atoms with E-state index in [2.05, 4.69) is 0 Å². The number of benzene rings is 3. The number of carbonyl (C=O) groups is 1. The zero-order valence-electron chi connectivity index (χ0n) is 14.7. The van der Waals surface area contributed by atoms with Gasteiger partial charge in [-0.15, -0.1) is 0 Å². The van der Waals surface area contributed by atoms with Crippen LogP contribution in [0.3, 0.4) is 0 Å². The molecule has 0 amide bonds. The van der Waals surface area contributed by atoms with Crippen LogP contribution in [0.5, 0.6) is 5.75 Å². The molecule has 0 aliphatic carbocycles. The van der Waals surface area contributed by atoms with Crippen molar-refractivity contribution in [1.82, 2.24) is 4.57 Å². The van der Waals surface area contributed by atoms with E-state index in [0.29, 0.717) is 6.61 Å². The van der Waals surface area contributed by atoms with Gasteiger partial charge in [-0.1, -0.05) is 48.5 Å². The summed E-state index contributed by atoms with van der Waals surface area (Å²) in [5.41, 5.74) is 3.61. The highest BCUT2D eigenvalue weighted by Crippen LogP contribution is 2.39. The number of ether oxygens (including phenoxy) is 2. The van der Waals surface area contributed by atoms with E-state index in [0.717, 1.165) is 38.7 Å². The van der Waals surface area contributed by atoms with Gasteiger partial charge in [0.2, 0.25) is 0 Å². The van der Waals surface area contributed by atoms with Crippen LogP contribution in [-0.2, 0) is 4.74 Å². The number of carbonyl (C=O) groups excluding carboxylic acids is 1. The number of rotatable bonds is 3. The minimum absolute atomic E-state index is 0.323. The molecule has 1 aromatic heterocycles. The average molecular weight is 345 g/mol. The van der Waals surface area contributed by atoms with Gasteiger partial charge in [-0.3, -0.25) is 0 Å². The highest BCUT2D eigenvalue weighted by molar-refractivity contribution is 6.17. The number of methoxy groups -OCH3 is 1. The molecule has 0 bridgehead atoms. The van der Waals surface area contributed by atoms with Crippen LogP contribution in [0.1, 0.15) is 6.92 Å². The van der Waals surface area contributed by atoms with Gasteiger partial charge in [0.25, 0.3) is 0 Å². The first kappa shape index (κ1) is 16.2. The Bertz CT molecular complexity index is 1100. The van der Waals surface area contributed by atoms with E-state index >= 15 is 0 Å². The van der Waals surface area contributed by atoms with Crippen LogP contribution in [0, 0.1) is 0 Å². The minimum Gasteiger partial charge on any atom is -0.497 e. The van der Waals surface area contributed by atoms with Crippen molar-refractivity contribution in [2.45, 2.75) is 6.92 Å². The fraction of sp³-hybridized carbons (Fsp3) is 0.136. The van der Waals surface area contributed by atoms with Gasteiger partial charge in [0.05, 0.1) is 24.8 Å². The molecule has 4 aromatic rings. The predicted octanol–water partition coefficient (Wildman–Crippen LogP) is 5.47. The number of hydrogen-bond acceptors (Lipinski definition) is 3. The first-order valence-electron chi connectivity index (χ1n) is 8.58. The Labute approximate surface area is 151 Å². The molecular formula is C22H19NO3. The molecule has 0 atom stereocenters. The lowest BCUT2D eigenvalue weighted by Crippen LogP contribution is -2.13. The van der Waals surface area contributed by atoms with E-state index in [-0.39, 0.29) is 6.09 Å². The fourth-order valence-corrected chi connectivity index (χ4v) is 3.40. The van der Waals surface area contributed by atoms with Crippen LogP contribution < -0.4 is 4.74 Å². The molecule has 0 fully saturated rings. The molecule has 0 saturated heterocycles. The lowest BCUT2D eigenvalue weighted by atomic mass is 10.0. The Kier molecular flexibility index (Phi) is 4.09. The largest absolute Gasteiger partial charge is 0.497 e. The number of aromatic nitrogens is 1. The molecule has 130 valence electrons. The predicted molar refractivity (Wildman–Crippen MR) is 104 cm³/mol. The van der Waals surface area contributed by atoms with Crippen molar-refractivity contribution in [3.8, 4) is 16.9 Å². The number of para-hydroxylation sites is 1. The van der Waals surface area contributed by atoms with Crippen LogP contribution in [-0.4, -0.2) is 24.4 Å². The van der Waals surface area contributed by atoms with E-state index in [1.807, 2.05) is 73.7 Å². The topological polar surface area (TPSA) is 40.5 Å². The SMILES string of the molecule is CCOC(=O)n1c2ccccc2c2cc(OC)cc(-c3ccccc3)c21. The molecule has 26 heavy (non-hydrogen) atoms. The maximum absolute atomic E-state index is 12.8. The lowest BCUT2D eigenvalue weighted by Gasteiger charge is -2.11. The molecule has 1 heterocycles. The van der Waals surface area contributed by atoms with Crippen molar-refractivity contribution < 1.29 is 14.3 Å². The van der Waals surface area contributed by atoms with E-state index in [9.17, 15) is 4.79 Å². The van der Waals surface area contributed by atoms with Crippen LogP contribution in [0.4, 0.5) is 4.79 Å². The standard InChI is InChI=1S/C22H19NO3/c1-3-26-22(24)23-20-12-8-7-11-17(20)19-14-16(25-2)13-18(21(19)23)15-9-5-4-6-10-15/h4-14H,3H2,1-2H3. The zero-order valence-corrected chi connectivity index (χ0v) is 14.7. The molecule has 4 heteroatoms. The second-order valence-electron chi connectivity index (χ2n) is 5.99. The van der Waals surface area contributed by atoms with Crippen LogP contribution in [0.2, 0.25) is 0 Å². The van der Waals surface area contributed by atoms with Crippen molar-refractivity contribution >= 4 is 27.9 Å². The first-order chi connectivity index (χ1) is 12.7. The summed E-state index contributed by atoms with van der Waals surface area (Å²) in [6.45, 7) is 2.14. The van der Waals surface area contributed by atoms with Crippen LogP contribution in [0.15, 0.2) is 66.7 Å². The molecule has 0 unspecified atom stereocenters. The monoisotopic (exact) mass is 345 g/mol. The van der Waals surface area contributed by atoms with Crippen molar-refractivity contribution in [2.75, 3.05) is 13.7 Å². The second-order valence-corrected chi connectivity index (χ2v) is 5.99. The van der Waals surface area contributed by atoms with Gasteiger partial charge in [0.15, 0.2) is 0 Å². The Morgan fingerprint density at radius 2 is 1.69 bits per heavy atom. The molecule has 4 nitrogen and oxygen atoms in total. The molecule has 0 spiro atoms. The van der Waals surface area contributed by atoms with Crippen molar-refractivity contribution in [1.29, 1.82) is 0 Å². The Morgan fingerprint density at radius 3 is 2.42 bits per heavy atom. The van der Waals surface area contributed by atoms with Crippen LogP contribution in [0.25, 0.3) is 32.9 Å². The van der Waals surface area contributed by atoms with Gasteiger partial charge in [0.1, 0.15) is 5.75 Å². The highest BCUT2D eigenvalue weighted by Gasteiger charge is 2.21. The highest BCUT2D eigenvalue weighted by atomic mass is 16.5. The van der Waals surface area contributed by atoms with E-state index in [1.165, 1.54) is 0 Å². The number of hydrogen-bond donors (Lipinski definition) is 0. The summed E-state index contributed by atoms with van der Waals surface area (Å²) in [6, 6.07) is 21.8. The van der Waals surface area contributed by atoms with E-state index < -0.39 is 0 Å². The van der Waals surface area contributed by atoms with Gasteiger partial charge in [0, 0.05) is 16.3 Å². The summed E-state index contributed by atoms with van der Waals surface area (Å²) < 4.78 is 12.5. The number of fused-ring (bicyclic) bond motifs is 3. The van der Waals surface area contributed by atoms with Gasteiger partial charge in [-0.2, -0.15) is 0 Å². The Hall–Kier alpha value is -3.27.